The highest BCUT2D eigenvalue weighted by molar-refractivity contribution is 5.96. The molecule has 1 aliphatic heterocycles. The van der Waals surface area contributed by atoms with Crippen molar-refractivity contribution in [2.75, 3.05) is 19.6 Å². The summed E-state index contributed by atoms with van der Waals surface area (Å²) in [5.74, 6) is 1.78. The molecule has 1 aliphatic carbocycles. The molecule has 1 aromatic heterocycles. The number of piperidine rings is 1. The average Bonchev–Trinajstić information content (AvgIpc) is 3.21. The van der Waals surface area contributed by atoms with E-state index in [1.165, 1.54) is 32.1 Å². The van der Waals surface area contributed by atoms with Crippen LogP contribution in [-0.2, 0) is 4.79 Å². The minimum atomic E-state index is -0.0313. The predicted molar refractivity (Wildman–Crippen MR) is 114 cm³/mol. The Morgan fingerprint density at radius 2 is 1.76 bits per heavy atom. The van der Waals surface area contributed by atoms with Crippen molar-refractivity contribution in [1.29, 1.82) is 0 Å². The van der Waals surface area contributed by atoms with Crippen LogP contribution in [-0.4, -0.2) is 36.3 Å². The van der Waals surface area contributed by atoms with Crippen LogP contribution < -0.4 is 5.32 Å². The quantitative estimate of drug-likeness (QED) is 0.766. The number of carbonyl (C=O) groups excluding carboxylic acids is 2. The van der Waals surface area contributed by atoms with Crippen molar-refractivity contribution >= 4 is 22.8 Å². The maximum Gasteiger partial charge on any atom is 0.289 e. The molecule has 0 bridgehead atoms. The zero-order chi connectivity index (χ0) is 20.1. The average molecular weight is 397 g/mol. The molecule has 1 saturated heterocycles. The topological polar surface area (TPSA) is 62.6 Å². The lowest BCUT2D eigenvalue weighted by atomic mass is 9.86. The molecule has 5 heteroatoms. The van der Waals surface area contributed by atoms with E-state index in [0.717, 1.165) is 55.8 Å². The Morgan fingerprint density at radius 3 is 2.52 bits per heavy atom. The van der Waals surface area contributed by atoms with E-state index in [9.17, 15) is 9.59 Å². The van der Waals surface area contributed by atoms with Crippen molar-refractivity contribution in [3.8, 4) is 0 Å². The molecule has 1 N–H and O–H groups in total. The van der Waals surface area contributed by atoms with E-state index in [0.29, 0.717) is 18.1 Å². The number of nitrogens with zero attached hydrogens (tertiary/aromatic N) is 1. The van der Waals surface area contributed by atoms with Crippen LogP contribution in [0.2, 0.25) is 0 Å². The Morgan fingerprint density at radius 1 is 1.00 bits per heavy atom. The molecule has 1 saturated carbocycles. The van der Waals surface area contributed by atoms with E-state index < -0.39 is 0 Å². The summed E-state index contributed by atoms with van der Waals surface area (Å²) in [4.78, 5) is 26.8. The molecule has 2 aromatic rings. The Labute approximate surface area is 172 Å². The summed E-state index contributed by atoms with van der Waals surface area (Å²) >= 11 is 0. The van der Waals surface area contributed by atoms with Gasteiger partial charge in [0, 0.05) is 31.4 Å². The van der Waals surface area contributed by atoms with Crippen molar-refractivity contribution in [3.63, 3.8) is 0 Å². The second-order valence-electron chi connectivity index (χ2n) is 8.73. The van der Waals surface area contributed by atoms with Crippen molar-refractivity contribution in [1.82, 2.24) is 10.2 Å². The first-order valence-corrected chi connectivity index (χ1v) is 11.2. The molecular formula is C24H32N2O3. The Balaban J connectivity index is 1.18. The summed E-state index contributed by atoms with van der Waals surface area (Å²) < 4.78 is 5.72. The molecule has 5 nitrogen and oxygen atoms in total. The van der Waals surface area contributed by atoms with Crippen LogP contribution in [0.15, 0.2) is 34.7 Å². The fraction of sp³-hybridized carbons (Fsp3) is 0.583. The van der Waals surface area contributed by atoms with Crippen LogP contribution in [0.5, 0.6) is 0 Å². The third kappa shape index (κ3) is 5.20. The first-order valence-electron chi connectivity index (χ1n) is 11.2. The van der Waals surface area contributed by atoms with Crippen molar-refractivity contribution in [2.45, 2.75) is 57.8 Å². The van der Waals surface area contributed by atoms with E-state index in [-0.39, 0.29) is 11.8 Å². The SMILES string of the molecule is O=C(CCC1CCCCC1)NCC1CCN(C(=O)c2cc3ccccc3o2)CC1. The lowest BCUT2D eigenvalue weighted by Gasteiger charge is -2.31. The zero-order valence-electron chi connectivity index (χ0n) is 17.2. The second-order valence-corrected chi connectivity index (χ2v) is 8.73. The minimum Gasteiger partial charge on any atom is -0.451 e. The van der Waals surface area contributed by atoms with Crippen LogP contribution in [0.4, 0.5) is 0 Å². The molecule has 1 aromatic carbocycles. The summed E-state index contributed by atoms with van der Waals surface area (Å²) in [7, 11) is 0. The van der Waals surface area contributed by atoms with Crippen LogP contribution in [0.1, 0.15) is 68.3 Å². The molecular weight excluding hydrogens is 364 g/mol. The fourth-order valence-corrected chi connectivity index (χ4v) is 4.74. The Kier molecular flexibility index (Phi) is 6.53. The fourth-order valence-electron chi connectivity index (χ4n) is 4.74. The summed E-state index contributed by atoms with van der Waals surface area (Å²) in [6.45, 7) is 2.17. The van der Waals surface area contributed by atoms with E-state index in [2.05, 4.69) is 5.32 Å². The van der Waals surface area contributed by atoms with Crippen LogP contribution >= 0.6 is 0 Å². The van der Waals surface area contributed by atoms with E-state index in [1.807, 2.05) is 35.2 Å². The number of para-hydroxylation sites is 1. The van der Waals surface area contributed by atoms with Crippen LogP contribution in [0.25, 0.3) is 11.0 Å². The largest absolute Gasteiger partial charge is 0.451 e. The van der Waals surface area contributed by atoms with Gasteiger partial charge >= 0.3 is 0 Å². The number of amides is 2. The standard InChI is InChI=1S/C24H32N2O3/c27-23(11-10-18-6-2-1-3-7-18)25-17-19-12-14-26(15-13-19)24(28)22-16-20-8-4-5-9-21(20)29-22/h4-5,8-9,16,18-19H,1-3,6-7,10-15,17H2,(H,25,27). The molecule has 2 aliphatic rings. The van der Waals surface area contributed by atoms with Gasteiger partial charge in [-0.2, -0.15) is 0 Å². The molecule has 2 fully saturated rings. The normalized spacial score (nSPS) is 18.8. The van der Waals surface area contributed by atoms with Gasteiger partial charge in [0.15, 0.2) is 5.76 Å². The first-order chi connectivity index (χ1) is 14.2. The number of likely N-dealkylation sites (tertiary alicyclic amines) is 1. The monoisotopic (exact) mass is 396 g/mol. The van der Waals surface area contributed by atoms with Gasteiger partial charge in [0.25, 0.3) is 5.91 Å². The Hall–Kier alpha value is -2.30. The van der Waals surface area contributed by atoms with Gasteiger partial charge in [0.1, 0.15) is 5.58 Å². The highest BCUT2D eigenvalue weighted by Gasteiger charge is 2.26. The van der Waals surface area contributed by atoms with Crippen molar-refractivity contribution in [3.05, 3.63) is 36.1 Å². The second kappa shape index (κ2) is 9.47. The van der Waals surface area contributed by atoms with Crippen molar-refractivity contribution in [2.24, 2.45) is 11.8 Å². The summed E-state index contributed by atoms with van der Waals surface area (Å²) in [5, 5.41) is 4.08. The molecule has 29 heavy (non-hydrogen) atoms. The van der Waals surface area contributed by atoms with Crippen LogP contribution in [0.3, 0.4) is 0 Å². The smallest absolute Gasteiger partial charge is 0.289 e. The number of rotatable bonds is 6. The minimum absolute atomic E-state index is 0.0313. The van der Waals surface area contributed by atoms with Gasteiger partial charge in [-0.05, 0) is 43.2 Å². The van der Waals surface area contributed by atoms with Gasteiger partial charge in [0.05, 0.1) is 0 Å². The number of nitrogens with one attached hydrogen (secondary N) is 1. The number of furan rings is 1. The third-order valence-corrected chi connectivity index (χ3v) is 6.63. The van der Waals surface area contributed by atoms with E-state index in [1.54, 1.807) is 0 Å². The first kappa shape index (κ1) is 20.0. The highest BCUT2D eigenvalue weighted by atomic mass is 16.3. The van der Waals surface area contributed by atoms with Gasteiger partial charge in [-0.15, -0.1) is 0 Å². The molecule has 2 heterocycles. The molecule has 4 rings (SSSR count). The number of hydrogen-bond donors (Lipinski definition) is 1. The van der Waals surface area contributed by atoms with Crippen molar-refractivity contribution < 1.29 is 14.0 Å². The molecule has 0 unspecified atom stereocenters. The number of benzene rings is 1. The predicted octanol–water partition coefficient (Wildman–Crippen LogP) is 4.76. The lowest BCUT2D eigenvalue weighted by Crippen LogP contribution is -2.41. The van der Waals surface area contributed by atoms with Gasteiger partial charge < -0.3 is 14.6 Å². The molecule has 0 atom stereocenters. The summed E-state index contributed by atoms with van der Waals surface area (Å²) in [6, 6.07) is 9.53. The molecule has 0 spiro atoms. The van der Waals surface area contributed by atoms with E-state index in [4.69, 9.17) is 4.42 Å². The van der Waals surface area contributed by atoms with Crippen LogP contribution in [0, 0.1) is 11.8 Å². The summed E-state index contributed by atoms with van der Waals surface area (Å²) in [6.07, 6.45) is 10.2. The molecule has 2 amide bonds. The number of fused-ring (bicyclic) bond motifs is 1. The highest BCUT2D eigenvalue weighted by Crippen LogP contribution is 2.27. The van der Waals surface area contributed by atoms with Gasteiger partial charge in [-0.25, -0.2) is 0 Å². The molecule has 0 radical (unpaired) electrons. The van der Waals surface area contributed by atoms with E-state index >= 15 is 0 Å². The number of carbonyl (C=O) groups is 2. The maximum absolute atomic E-state index is 12.7. The Bertz CT molecular complexity index is 797. The molecule has 156 valence electrons. The van der Waals surface area contributed by atoms with Gasteiger partial charge in [-0.1, -0.05) is 50.3 Å². The number of hydrogen-bond acceptors (Lipinski definition) is 3. The van der Waals surface area contributed by atoms with Gasteiger partial charge in [0.2, 0.25) is 5.91 Å². The summed E-state index contributed by atoms with van der Waals surface area (Å²) in [5.41, 5.74) is 0.752. The van der Waals surface area contributed by atoms with Gasteiger partial charge in [-0.3, -0.25) is 9.59 Å². The zero-order valence-corrected chi connectivity index (χ0v) is 17.2. The lowest BCUT2D eigenvalue weighted by molar-refractivity contribution is -0.121. The third-order valence-electron chi connectivity index (χ3n) is 6.63. The maximum atomic E-state index is 12.7.